The Morgan fingerprint density at radius 3 is 3.08 bits per heavy atom. The first-order chi connectivity index (χ1) is 11.8. The first kappa shape index (κ1) is 16.5. The van der Waals surface area contributed by atoms with E-state index in [-0.39, 0.29) is 5.91 Å². The Balaban J connectivity index is 1.62. The van der Waals surface area contributed by atoms with Gasteiger partial charge in [0.05, 0.1) is 13.4 Å². The van der Waals surface area contributed by atoms with Crippen LogP contribution in [0.5, 0.6) is 5.75 Å². The van der Waals surface area contributed by atoms with Gasteiger partial charge in [-0.1, -0.05) is 0 Å². The summed E-state index contributed by atoms with van der Waals surface area (Å²) >= 11 is 0. The van der Waals surface area contributed by atoms with E-state index in [0.717, 1.165) is 42.9 Å². The molecule has 3 N–H and O–H groups in total. The number of aromatic nitrogens is 2. The molecule has 0 aliphatic carbocycles. The molecule has 128 valence electrons. The Morgan fingerprint density at radius 2 is 2.38 bits per heavy atom. The topological polar surface area (TPSA) is 79.0 Å². The number of ether oxygens (including phenoxy) is 1. The minimum atomic E-state index is -0.0528. The van der Waals surface area contributed by atoms with Crippen LogP contribution >= 0.6 is 0 Å². The molecule has 1 saturated heterocycles. The van der Waals surface area contributed by atoms with Crippen LogP contribution in [0.3, 0.4) is 0 Å². The second kappa shape index (κ2) is 7.97. The fourth-order valence-corrected chi connectivity index (χ4v) is 3.11. The monoisotopic (exact) mass is 328 g/mol. The summed E-state index contributed by atoms with van der Waals surface area (Å²) in [5, 5.41) is 6.34. The number of hydrogen-bond acceptors (Lipinski definition) is 4. The van der Waals surface area contributed by atoms with Crippen molar-refractivity contribution in [2.24, 2.45) is 5.92 Å². The lowest BCUT2D eigenvalue weighted by atomic mass is 9.96. The first-order valence-electron chi connectivity index (χ1n) is 8.39. The molecule has 2 heterocycles. The summed E-state index contributed by atoms with van der Waals surface area (Å²) in [7, 11) is 1.68. The molecule has 24 heavy (non-hydrogen) atoms. The van der Waals surface area contributed by atoms with Crippen LogP contribution < -0.4 is 15.4 Å². The molecule has 0 radical (unpaired) electrons. The zero-order chi connectivity index (χ0) is 16.8. The number of methoxy groups -OCH3 is 1. The summed E-state index contributed by atoms with van der Waals surface area (Å²) in [6.45, 7) is 2.68. The highest BCUT2D eigenvalue weighted by atomic mass is 16.5. The number of carbonyl (C=O) groups is 1. The number of aromatic amines is 1. The molecule has 6 nitrogen and oxygen atoms in total. The van der Waals surface area contributed by atoms with Crippen molar-refractivity contribution < 1.29 is 9.53 Å². The van der Waals surface area contributed by atoms with Crippen LogP contribution in [-0.2, 0) is 12.8 Å². The lowest BCUT2D eigenvalue weighted by molar-refractivity contribution is 0.0954. The Hall–Kier alpha value is -2.34. The van der Waals surface area contributed by atoms with Gasteiger partial charge in [-0.2, -0.15) is 0 Å². The predicted octanol–water partition coefficient (Wildman–Crippen LogP) is 1.54. The minimum Gasteiger partial charge on any atom is -0.496 e. The van der Waals surface area contributed by atoms with Crippen LogP contribution in [0, 0.1) is 5.92 Å². The van der Waals surface area contributed by atoms with Crippen molar-refractivity contribution in [3.8, 4) is 5.75 Å². The van der Waals surface area contributed by atoms with Gasteiger partial charge in [0.25, 0.3) is 5.91 Å². The SMILES string of the molecule is COc1ccc(C(=O)NCCc2cnc[nH]2)cc1CC1CCNC1. The largest absolute Gasteiger partial charge is 0.496 e. The second-order valence-electron chi connectivity index (χ2n) is 6.17. The summed E-state index contributed by atoms with van der Waals surface area (Å²) in [4.78, 5) is 19.4. The third kappa shape index (κ3) is 4.14. The Morgan fingerprint density at radius 1 is 1.46 bits per heavy atom. The van der Waals surface area contributed by atoms with Crippen molar-refractivity contribution in [2.45, 2.75) is 19.3 Å². The number of imidazole rings is 1. The van der Waals surface area contributed by atoms with Crippen LogP contribution in [0.2, 0.25) is 0 Å². The molecule has 1 unspecified atom stereocenters. The summed E-state index contributed by atoms with van der Waals surface area (Å²) in [6.07, 6.45) is 6.26. The van der Waals surface area contributed by atoms with Crippen LogP contribution in [-0.4, -0.2) is 42.6 Å². The smallest absolute Gasteiger partial charge is 0.251 e. The molecular formula is C18H24N4O2. The van der Waals surface area contributed by atoms with Crippen molar-refractivity contribution in [1.82, 2.24) is 20.6 Å². The van der Waals surface area contributed by atoms with Gasteiger partial charge in [0.2, 0.25) is 0 Å². The highest BCUT2D eigenvalue weighted by molar-refractivity contribution is 5.94. The zero-order valence-corrected chi connectivity index (χ0v) is 14.0. The lowest BCUT2D eigenvalue weighted by Crippen LogP contribution is -2.26. The maximum Gasteiger partial charge on any atom is 0.251 e. The van der Waals surface area contributed by atoms with E-state index in [0.29, 0.717) is 18.0 Å². The molecule has 0 bridgehead atoms. The second-order valence-corrected chi connectivity index (χ2v) is 6.17. The molecule has 1 aliphatic rings. The number of nitrogens with one attached hydrogen (secondary N) is 3. The van der Waals surface area contributed by atoms with Crippen molar-refractivity contribution in [3.63, 3.8) is 0 Å². The van der Waals surface area contributed by atoms with E-state index in [1.54, 1.807) is 19.6 Å². The van der Waals surface area contributed by atoms with Gasteiger partial charge in [-0.25, -0.2) is 4.98 Å². The van der Waals surface area contributed by atoms with E-state index in [1.807, 2.05) is 18.2 Å². The maximum atomic E-state index is 12.4. The van der Waals surface area contributed by atoms with Gasteiger partial charge in [-0.15, -0.1) is 0 Å². The van der Waals surface area contributed by atoms with E-state index in [9.17, 15) is 4.79 Å². The van der Waals surface area contributed by atoms with Crippen LogP contribution in [0.15, 0.2) is 30.7 Å². The van der Waals surface area contributed by atoms with Crippen LogP contribution in [0.25, 0.3) is 0 Å². The third-order valence-electron chi connectivity index (χ3n) is 4.45. The van der Waals surface area contributed by atoms with E-state index in [4.69, 9.17) is 4.74 Å². The fraction of sp³-hybridized carbons (Fsp3) is 0.444. The Bertz CT molecular complexity index is 664. The summed E-state index contributed by atoms with van der Waals surface area (Å²) in [5.41, 5.74) is 2.80. The molecule has 1 aliphatic heterocycles. The van der Waals surface area contributed by atoms with E-state index in [2.05, 4.69) is 20.6 Å². The summed E-state index contributed by atoms with van der Waals surface area (Å²) < 4.78 is 5.46. The van der Waals surface area contributed by atoms with Crippen LogP contribution in [0.1, 0.15) is 28.0 Å². The molecule has 3 rings (SSSR count). The quantitative estimate of drug-likeness (QED) is 0.720. The van der Waals surface area contributed by atoms with Gasteiger partial charge in [0, 0.05) is 30.4 Å². The Labute approximate surface area is 142 Å². The molecular weight excluding hydrogens is 304 g/mol. The fourth-order valence-electron chi connectivity index (χ4n) is 3.11. The number of rotatable bonds is 7. The lowest BCUT2D eigenvalue weighted by Gasteiger charge is -2.14. The molecule has 0 saturated carbocycles. The predicted molar refractivity (Wildman–Crippen MR) is 92.3 cm³/mol. The van der Waals surface area contributed by atoms with Gasteiger partial charge >= 0.3 is 0 Å². The molecule has 6 heteroatoms. The average molecular weight is 328 g/mol. The normalized spacial score (nSPS) is 17.0. The number of carbonyl (C=O) groups excluding carboxylic acids is 1. The van der Waals surface area contributed by atoms with Gasteiger partial charge in [0.1, 0.15) is 5.75 Å². The standard InChI is InChI=1S/C18H24N4O2/c1-24-17-3-2-14(9-15(17)8-13-4-6-19-10-13)18(23)21-7-5-16-11-20-12-22-16/h2-3,9,11-13,19H,4-8,10H2,1H3,(H,20,22)(H,21,23). The van der Waals surface area contributed by atoms with Crippen LogP contribution in [0.4, 0.5) is 0 Å². The van der Waals surface area contributed by atoms with E-state index in [1.165, 1.54) is 6.42 Å². The highest BCUT2D eigenvalue weighted by Gasteiger charge is 2.18. The van der Waals surface area contributed by atoms with Gasteiger partial charge < -0.3 is 20.4 Å². The molecule has 2 aromatic rings. The van der Waals surface area contributed by atoms with E-state index >= 15 is 0 Å². The molecule has 1 aromatic heterocycles. The number of H-pyrrole nitrogens is 1. The maximum absolute atomic E-state index is 12.4. The molecule has 1 atom stereocenters. The first-order valence-corrected chi connectivity index (χ1v) is 8.39. The third-order valence-corrected chi connectivity index (χ3v) is 4.45. The average Bonchev–Trinajstić information content (AvgIpc) is 3.28. The zero-order valence-electron chi connectivity index (χ0n) is 14.0. The van der Waals surface area contributed by atoms with Gasteiger partial charge in [-0.3, -0.25) is 4.79 Å². The summed E-state index contributed by atoms with van der Waals surface area (Å²) in [6, 6.07) is 5.67. The molecule has 1 aromatic carbocycles. The van der Waals surface area contributed by atoms with Crippen molar-refractivity contribution in [1.29, 1.82) is 0 Å². The number of amides is 1. The highest BCUT2D eigenvalue weighted by Crippen LogP contribution is 2.25. The minimum absolute atomic E-state index is 0.0528. The Kier molecular flexibility index (Phi) is 5.48. The van der Waals surface area contributed by atoms with Gasteiger partial charge in [-0.05, 0) is 55.6 Å². The van der Waals surface area contributed by atoms with Crippen molar-refractivity contribution >= 4 is 5.91 Å². The summed E-state index contributed by atoms with van der Waals surface area (Å²) in [5.74, 6) is 1.41. The number of benzene rings is 1. The van der Waals surface area contributed by atoms with E-state index < -0.39 is 0 Å². The van der Waals surface area contributed by atoms with Gasteiger partial charge in [0.15, 0.2) is 0 Å². The van der Waals surface area contributed by atoms with Crippen molar-refractivity contribution in [2.75, 3.05) is 26.7 Å². The number of hydrogen-bond donors (Lipinski definition) is 3. The molecule has 1 fully saturated rings. The molecule has 0 spiro atoms. The number of nitrogens with zero attached hydrogens (tertiary/aromatic N) is 1. The molecule has 1 amide bonds. The van der Waals surface area contributed by atoms with Crippen molar-refractivity contribution in [3.05, 3.63) is 47.5 Å².